The van der Waals surface area contributed by atoms with E-state index in [1.807, 2.05) is 13.0 Å². The minimum absolute atomic E-state index is 0.103. The average Bonchev–Trinajstić information content (AvgIpc) is 2.75. The van der Waals surface area contributed by atoms with Crippen molar-refractivity contribution in [3.63, 3.8) is 0 Å². The molecule has 7 heteroatoms. The van der Waals surface area contributed by atoms with E-state index in [1.54, 1.807) is 54.4 Å². The Morgan fingerprint density at radius 3 is 2.56 bits per heavy atom. The van der Waals surface area contributed by atoms with Gasteiger partial charge in [-0.1, -0.05) is 23.7 Å². The standard InChI is InChI=1S/C20H20ClN3O3/c1-13-11-18(25)22-16-5-3-4-6-17(16)24(13)19(26)12-23(2)20(27)14-7-9-15(21)10-8-14/h3-10,13H,11-12H2,1-2H3,(H,22,25)/t13-/m1/s1. The summed E-state index contributed by atoms with van der Waals surface area (Å²) in [4.78, 5) is 40.6. The lowest BCUT2D eigenvalue weighted by Crippen LogP contribution is -2.45. The van der Waals surface area contributed by atoms with Gasteiger partial charge in [0.2, 0.25) is 11.8 Å². The molecule has 0 unspecified atom stereocenters. The van der Waals surface area contributed by atoms with Crippen molar-refractivity contribution < 1.29 is 14.4 Å². The topological polar surface area (TPSA) is 69.7 Å². The van der Waals surface area contributed by atoms with Gasteiger partial charge in [-0.3, -0.25) is 14.4 Å². The molecule has 0 bridgehead atoms. The minimum Gasteiger partial charge on any atom is -0.332 e. The molecule has 3 amide bonds. The molecule has 6 nitrogen and oxygen atoms in total. The van der Waals surface area contributed by atoms with E-state index in [0.717, 1.165) is 0 Å². The number of nitrogens with one attached hydrogen (secondary N) is 1. The second-order valence-electron chi connectivity index (χ2n) is 6.55. The van der Waals surface area contributed by atoms with Crippen LogP contribution in [0.4, 0.5) is 11.4 Å². The highest BCUT2D eigenvalue weighted by Gasteiger charge is 2.30. The average molecular weight is 386 g/mol. The molecule has 2 aromatic carbocycles. The summed E-state index contributed by atoms with van der Waals surface area (Å²) in [7, 11) is 1.58. The van der Waals surface area contributed by atoms with Gasteiger partial charge in [0.05, 0.1) is 11.4 Å². The maximum atomic E-state index is 13.0. The molecule has 140 valence electrons. The fraction of sp³-hybridized carbons (Fsp3) is 0.250. The van der Waals surface area contributed by atoms with Crippen LogP contribution in [0.5, 0.6) is 0 Å². The molecule has 0 radical (unpaired) electrons. The van der Waals surface area contributed by atoms with Gasteiger partial charge in [0.15, 0.2) is 0 Å². The number of likely N-dealkylation sites (N-methyl/N-ethyl adjacent to an activating group) is 1. The number of anilines is 2. The third-order valence-corrected chi connectivity index (χ3v) is 4.69. The lowest BCUT2D eigenvalue weighted by atomic mass is 10.1. The molecule has 1 aliphatic heterocycles. The number of fused-ring (bicyclic) bond motifs is 1. The van der Waals surface area contributed by atoms with Crippen molar-refractivity contribution in [1.29, 1.82) is 0 Å². The van der Waals surface area contributed by atoms with Crippen LogP contribution in [0.3, 0.4) is 0 Å². The SMILES string of the molecule is C[C@@H]1CC(=O)Nc2ccccc2N1C(=O)CN(C)C(=O)c1ccc(Cl)cc1. The molecule has 0 spiro atoms. The number of hydrogen-bond donors (Lipinski definition) is 1. The number of amides is 3. The summed E-state index contributed by atoms with van der Waals surface area (Å²) in [5.74, 6) is -0.669. The monoisotopic (exact) mass is 385 g/mol. The van der Waals surface area contributed by atoms with E-state index in [-0.39, 0.29) is 36.7 Å². The lowest BCUT2D eigenvalue weighted by molar-refractivity contribution is -0.119. The first-order valence-electron chi connectivity index (χ1n) is 8.59. The Morgan fingerprint density at radius 2 is 1.85 bits per heavy atom. The number of nitrogens with zero attached hydrogens (tertiary/aromatic N) is 2. The smallest absolute Gasteiger partial charge is 0.254 e. The van der Waals surface area contributed by atoms with Gasteiger partial charge in [0.25, 0.3) is 5.91 Å². The largest absolute Gasteiger partial charge is 0.332 e. The van der Waals surface area contributed by atoms with Crippen LogP contribution < -0.4 is 10.2 Å². The van der Waals surface area contributed by atoms with Gasteiger partial charge >= 0.3 is 0 Å². The maximum Gasteiger partial charge on any atom is 0.254 e. The van der Waals surface area contributed by atoms with Crippen LogP contribution in [-0.2, 0) is 9.59 Å². The van der Waals surface area contributed by atoms with Crippen LogP contribution in [0.25, 0.3) is 0 Å². The van der Waals surface area contributed by atoms with Gasteiger partial charge in [-0.2, -0.15) is 0 Å². The van der Waals surface area contributed by atoms with Crippen LogP contribution >= 0.6 is 11.6 Å². The highest BCUT2D eigenvalue weighted by atomic mass is 35.5. The maximum absolute atomic E-state index is 13.0. The fourth-order valence-electron chi connectivity index (χ4n) is 3.13. The number of hydrogen-bond acceptors (Lipinski definition) is 3. The fourth-order valence-corrected chi connectivity index (χ4v) is 3.26. The Bertz CT molecular complexity index is 882. The van der Waals surface area contributed by atoms with E-state index >= 15 is 0 Å². The summed E-state index contributed by atoms with van der Waals surface area (Å²) in [6.45, 7) is 1.72. The second kappa shape index (κ2) is 7.80. The van der Waals surface area contributed by atoms with Crippen molar-refractivity contribution in [3.8, 4) is 0 Å². The van der Waals surface area contributed by atoms with E-state index in [2.05, 4.69) is 5.32 Å². The molecule has 3 rings (SSSR count). The Labute approximate surface area is 162 Å². The zero-order valence-corrected chi connectivity index (χ0v) is 15.9. The first kappa shape index (κ1) is 18.9. The number of benzene rings is 2. The molecule has 0 aromatic heterocycles. The quantitative estimate of drug-likeness (QED) is 0.882. The Balaban J connectivity index is 1.81. The van der Waals surface area contributed by atoms with Crippen LogP contribution in [-0.4, -0.2) is 42.3 Å². The number of carbonyl (C=O) groups is 3. The first-order chi connectivity index (χ1) is 12.9. The Hall–Kier alpha value is -2.86. The summed E-state index contributed by atoms with van der Waals surface area (Å²) in [5, 5.41) is 3.36. The number of carbonyl (C=O) groups excluding carboxylic acids is 3. The summed E-state index contributed by atoms with van der Waals surface area (Å²) >= 11 is 5.85. The van der Waals surface area contributed by atoms with Gasteiger partial charge in [-0.05, 0) is 43.3 Å². The molecule has 0 fully saturated rings. The minimum atomic E-state index is -0.319. The van der Waals surface area contributed by atoms with Crippen LogP contribution in [0.2, 0.25) is 5.02 Å². The predicted octanol–water partition coefficient (Wildman–Crippen LogP) is 3.18. The molecule has 1 N–H and O–H groups in total. The van der Waals surface area contributed by atoms with E-state index in [4.69, 9.17) is 11.6 Å². The molecular weight excluding hydrogens is 366 g/mol. The van der Waals surface area contributed by atoms with E-state index < -0.39 is 0 Å². The van der Waals surface area contributed by atoms with Crippen molar-refractivity contribution in [2.75, 3.05) is 23.8 Å². The van der Waals surface area contributed by atoms with Gasteiger partial charge in [-0.25, -0.2) is 0 Å². The van der Waals surface area contributed by atoms with Gasteiger partial charge < -0.3 is 15.1 Å². The Kier molecular flexibility index (Phi) is 5.46. The molecular formula is C20H20ClN3O3. The van der Waals surface area contributed by atoms with E-state index in [1.165, 1.54) is 4.90 Å². The molecule has 0 aliphatic carbocycles. The Morgan fingerprint density at radius 1 is 1.19 bits per heavy atom. The lowest BCUT2D eigenvalue weighted by Gasteiger charge is -2.29. The summed E-state index contributed by atoms with van der Waals surface area (Å²) in [6.07, 6.45) is 0.190. The van der Waals surface area contributed by atoms with E-state index in [9.17, 15) is 14.4 Å². The van der Waals surface area contributed by atoms with Gasteiger partial charge in [0, 0.05) is 30.1 Å². The molecule has 0 saturated carbocycles. The second-order valence-corrected chi connectivity index (χ2v) is 6.99. The highest BCUT2D eigenvalue weighted by Crippen LogP contribution is 2.31. The molecule has 1 atom stereocenters. The normalized spacial score (nSPS) is 16.2. The highest BCUT2D eigenvalue weighted by molar-refractivity contribution is 6.30. The van der Waals surface area contributed by atoms with E-state index in [0.29, 0.717) is 22.0 Å². The van der Waals surface area contributed by atoms with Crippen LogP contribution in [0.15, 0.2) is 48.5 Å². The molecule has 2 aromatic rings. The van der Waals surface area contributed by atoms with Crippen molar-refractivity contribution in [3.05, 3.63) is 59.1 Å². The van der Waals surface area contributed by atoms with Crippen LogP contribution in [0.1, 0.15) is 23.7 Å². The molecule has 1 heterocycles. The number of halogens is 1. The molecule has 27 heavy (non-hydrogen) atoms. The summed E-state index contributed by atoms with van der Waals surface area (Å²) in [5.41, 5.74) is 1.68. The zero-order valence-electron chi connectivity index (χ0n) is 15.1. The van der Waals surface area contributed by atoms with Gasteiger partial charge in [0.1, 0.15) is 6.54 Å². The predicted molar refractivity (Wildman–Crippen MR) is 105 cm³/mol. The first-order valence-corrected chi connectivity index (χ1v) is 8.96. The van der Waals surface area contributed by atoms with Crippen molar-refractivity contribution in [1.82, 2.24) is 4.90 Å². The third-order valence-electron chi connectivity index (χ3n) is 4.44. The number of rotatable bonds is 3. The summed E-state index contributed by atoms with van der Waals surface area (Å²) in [6, 6.07) is 13.4. The summed E-state index contributed by atoms with van der Waals surface area (Å²) < 4.78 is 0. The van der Waals surface area contributed by atoms with Gasteiger partial charge in [-0.15, -0.1) is 0 Å². The molecule has 0 saturated heterocycles. The van der Waals surface area contributed by atoms with Crippen molar-refractivity contribution >= 4 is 40.7 Å². The van der Waals surface area contributed by atoms with Crippen LogP contribution in [0, 0.1) is 0 Å². The number of para-hydroxylation sites is 2. The zero-order chi connectivity index (χ0) is 19.6. The third kappa shape index (κ3) is 4.11. The molecule has 1 aliphatic rings. The van der Waals surface area contributed by atoms with Crippen molar-refractivity contribution in [2.45, 2.75) is 19.4 Å². The van der Waals surface area contributed by atoms with Crippen molar-refractivity contribution in [2.24, 2.45) is 0 Å².